The molecule has 0 aliphatic rings. The molecule has 0 aliphatic carbocycles. The molecule has 2 N–H and O–H groups in total. The van der Waals surface area contributed by atoms with Gasteiger partial charge in [0, 0.05) is 12.7 Å². The Morgan fingerprint density at radius 1 is 1.43 bits per heavy atom. The largest absolute Gasteiger partial charge is 0.472 e. The summed E-state index contributed by atoms with van der Waals surface area (Å²) in [5.74, 6) is 0. The third kappa shape index (κ3) is 2.36. The fourth-order valence-electron chi connectivity index (χ4n) is 1.68. The Morgan fingerprint density at radius 2 is 2.07 bits per heavy atom. The first kappa shape index (κ1) is 11.3. The number of furan rings is 1. The molecule has 14 heavy (non-hydrogen) atoms. The zero-order chi connectivity index (χ0) is 10.8. The Bertz CT molecular complexity index is 261. The molecule has 80 valence electrons. The van der Waals surface area contributed by atoms with Crippen molar-refractivity contribution in [3.63, 3.8) is 0 Å². The molecule has 2 atom stereocenters. The van der Waals surface area contributed by atoms with Crippen molar-refractivity contribution in [2.45, 2.75) is 32.9 Å². The van der Waals surface area contributed by atoms with Crippen LogP contribution < -0.4 is 5.73 Å². The highest BCUT2D eigenvalue weighted by atomic mass is 16.5. The predicted molar refractivity (Wildman–Crippen MR) is 55.9 cm³/mol. The zero-order valence-corrected chi connectivity index (χ0v) is 9.28. The van der Waals surface area contributed by atoms with Crippen molar-refractivity contribution in [2.75, 3.05) is 7.11 Å². The SMILES string of the molecule is COC(C(N)c1ccoc1)C(C)(C)C. The molecule has 1 heterocycles. The van der Waals surface area contributed by atoms with Gasteiger partial charge in [-0.1, -0.05) is 20.8 Å². The summed E-state index contributed by atoms with van der Waals surface area (Å²) in [4.78, 5) is 0. The standard InChI is InChI=1S/C11H19NO2/c1-11(2,3)10(13-4)9(12)8-5-6-14-7-8/h5-7,9-10H,12H2,1-4H3. The van der Waals surface area contributed by atoms with Crippen molar-refractivity contribution >= 4 is 0 Å². The summed E-state index contributed by atoms with van der Waals surface area (Å²) in [6, 6.07) is 1.74. The summed E-state index contributed by atoms with van der Waals surface area (Å²) in [5, 5.41) is 0. The monoisotopic (exact) mass is 197 g/mol. The lowest BCUT2D eigenvalue weighted by atomic mass is 9.83. The molecule has 1 rings (SSSR count). The lowest BCUT2D eigenvalue weighted by Gasteiger charge is -2.33. The molecule has 0 saturated heterocycles. The summed E-state index contributed by atoms with van der Waals surface area (Å²) in [6.45, 7) is 6.34. The van der Waals surface area contributed by atoms with Crippen molar-refractivity contribution in [3.05, 3.63) is 24.2 Å². The van der Waals surface area contributed by atoms with Crippen molar-refractivity contribution in [1.82, 2.24) is 0 Å². The van der Waals surface area contributed by atoms with Gasteiger partial charge in [0.2, 0.25) is 0 Å². The van der Waals surface area contributed by atoms with Gasteiger partial charge in [0.25, 0.3) is 0 Å². The minimum absolute atomic E-state index is 0.0138. The molecule has 3 nitrogen and oxygen atoms in total. The summed E-state index contributed by atoms with van der Waals surface area (Å²) >= 11 is 0. The maximum atomic E-state index is 6.10. The van der Waals surface area contributed by atoms with Gasteiger partial charge in [-0.25, -0.2) is 0 Å². The van der Waals surface area contributed by atoms with Crippen molar-refractivity contribution < 1.29 is 9.15 Å². The van der Waals surface area contributed by atoms with E-state index in [0.717, 1.165) is 5.56 Å². The van der Waals surface area contributed by atoms with Gasteiger partial charge < -0.3 is 14.9 Å². The summed E-state index contributed by atoms with van der Waals surface area (Å²) in [6.07, 6.45) is 3.28. The average molecular weight is 197 g/mol. The van der Waals surface area contributed by atoms with Crippen molar-refractivity contribution in [2.24, 2.45) is 11.1 Å². The van der Waals surface area contributed by atoms with Crippen molar-refractivity contribution in [3.8, 4) is 0 Å². The Hall–Kier alpha value is -0.800. The molecule has 1 aromatic heterocycles. The van der Waals surface area contributed by atoms with Gasteiger partial charge >= 0.3 is 0 Å². The fourth-order valence-corrected chi connectivity index (χ4v) is 1.68. The van der Waals surface area contributed by atoms with Crippen LogP contribution in [0.2, 0.25) is 0 Å². The lowest BCUT2D eigenvalue weighted by molar-refractivity contribution is -0.00254. The van der Waals surface area contributed by atoms with E-state index in [4.69, 9.17) is 14.9 Å². The third-order valence-electron chi connectivity index (χ3n) is 2.36. The molecular formula is C11H19NO2. The van der Waals surface area contributed by atoms with Crippen LogP contribution in [0.4, 0.5) is 0 Å². The molecule has 0 radical (unpaired) electrons. The van der Waals surface area contributed by atoms with Crippen LogP contribution in [0.3, 0.4) is 0 Å². The van der Waals surface area contributed by atoms with Crippen LogP contribution in [0, 0.1) is 5.41 Å². The van der Waals surface area contributed by atoms with Crippen molar-refractivity contribution in [1.29, 1.82) is 0 Å². The normalized spacial score (nSPS) is 16.6. The van der Waals surface area contributed by atoms with E-state index in [0.29, 0.717) is 0 Å². The Balaban J connectivity index is 2.81. The molecule has 1 aromatic rings. The van der Waals surface area contributed by atoms with Gasteiger partial charge in [0.15, 0.2) is 0 Å². The van der Waals surface area contributed by atoms with Gasteiger partial charge in [-0.15, -0.1) is 0 Å². The molecule has 0 fully saturated rings. The number of methoxy groups -OCH3 is 1. The summed E-state index contributed by atoms with van der Waals surface area (Å²) in [5.41, 5.74) is 7.09. The summed E-state index contributed by atoms with van der Waals surface area (Å²) < 4.78 is 10.4. The average Bonchev–Trinajstić information content (AvgIpc) is 2.53. The molecule has 0 aliphatic heterocycles. The van der Waals surface area contributed by atoms with E-state index in [1.165, 1.54) is 0 Å². The van der Waals surface area contributed by atoms with E-state index in [9.17, 15) is 0 Å². The van der Waals surface area contributed by atoms with E-state index in [-0.39, 0.29) is 17.6 Å². The molecule has 2 unspecified atom stereocenters. The van der Waals surface area contributed by atoms with Crippen LogP contribution in [0.5, 0.6) is 0 Å². The highest BCUT2D eigenvalue weighted by molar-refractivity contribution is 5.13. The first-order valence-electron chi connectivity index (χ1n) is 4.77. The number of hydrogen-bond acceptors (Lipinski definition) is 3. The van der Waals surface area contributed by atoms with Crippen LogP contribution >= 0.6 is 0 Å². The molecule has 0 aromatic carbocycles. The molecule has 3 heteroatoms. The highest BCUT2D eigenvalue weighted by Gasteiger charge is 2.31. The first-order valence-corrected chi connectivity index (χ1v) is 4.77. The second kappa shape index (κ2) is 4.15. The van der Waals surface area contributed by atoms with E-state index in [1.807, 2.05) is 6.07 Å². The minimum atomic E-state index is -0.140. The van der Waals surface area contributed by atoms with E-state index < -0.39 is 0 Å². The maximum absolute atomic E-state index is 6.10. The van der Waals surface area contributed by atoms with Gasteiger partial charge in [0.1, 0.15) is 0 Å². The fraction of sp³-hybridized carbons (Fsp3) is 0.636. The van der Waals surface area contributed by atoms with E-state index in [2.05, 4.69) is 20.8 Å². The van der Waals surface area contributed by atoms with Crippen LogP contribution in [0.25, 0.3) is 0 Å². The predicted octanol–water partition coefficient (Wildman–Crippen LogP) is 2.34. The van der Waals surface area contributed by atoms with Gasteiger partial charge in [-0.05, 0) is 11.5 Å². The Kier molecular flexibility index (Phi) is 3.34. The van der Waals surface area contributed by atoms with Crippen LogP contribution in [0.15, 0.2) is 23.0 Å². The molecule has 0 spiro atoms. The van der Waals surface area contributed by atoms with Gasteiger partial charge in [-0.3, -0.25) is 0 Å². The topological polar surface area (TPSA) is 48.4 Å². The van der Waals surface area contributed by atoms with Crippen LogP contribution in [-0.2, 0) is 4.74 Å². The second-order valence-electron chi connectivity index (χ2n) is 4.60. The van der Waals surface area contributed by atoms with E-state index >= 15 is 0 Å². The molecule has 0 amide bonds. The second-order valence-corrected chi connectivity index (χ2v) is 4.60. The Morgan fingerprint density at radius 3 is 2.43 bits per heavy atom. The van der Waals surface area contributed by atoms with Gasteiger partial charge in [-0.2, -0.15) is 0 Å². The molecule has 0 bridgehead atoms. The highest BCUT2D eigenvalue weighted by Crippen LogP contribution is 2.30. The molecule has 0 saturated carbocycles. The lowest BCUT2D eigenvalue weighted by Crippen LogP contribution is -2.38. The number of nitrogens with two attached hydrogens (primary N) is 1. The quantitative estimate of drug-likeness (QED) is 0.809. The maximum Gasteiger partial charge on any atom is 0.0951 e. The number of rotatable bonds is 3. The number of hydrogen-bond donors (Lipinski definition) is 1. The van der Waals surface area contributed by atoms with Crippen LogP contribution in [0.1, 0.15) is 32.4 Å². The van der Waals surface area contributed by atoms with Gasteiger partial charge in [0.05, 0.1) is 24.7 Å². The Labute approximate surface area is 85.2 Å². The third-order valence-corrected chi connectivity index (χ3v) is 2.36. The minimum Gasteiger partial charge on any atom is -0.472 e. The molecular weight excluding hydrogens is 178 g/mol. The first-order chi connectivity index (χ1) is 6.46. The van der Waals surface area contributed by atoms with E-state index in [1.54, 1.807) is 19.6 Å². The van der Waals surface area contributed by atoms with Crippen LogP contribution in [-0.4, -0.2) is 13.2 Å². The zero-order valence-electron chi connectivity index (χ0n) is 9.28. The summed E-state index contributed by atoms with van der Waals surface area (Å²) in [7, 11) is 1.69. The number of ether oxygens (including phenoxy) is 1. The smallest absolute Gasteiger partial charge is 0.0951 e.